The Balaban J connectivity index is 2.69. The van der Waals surface area contributed by atoms with E-state index in [1.807, 2.05) is 0 Å². The lowest BCUT2D eigenvalue weighted by Crippen LogP contribution is -2.16. The van der Waals surface area contributed by atoms with Crippen LogP contribution in [0.25, 0.3) is 0 Å². The number of ether oxygens (including phenoxy) is 1. The molecule has 7 heteroatoms. The van der Waals surface area contributed by atoms with Crippen molar-refractivity contribution in [2.45, 2.75) is 6.92 Å². The van der Waals surface area contributed by atoms with Crippen LogP contribution in [0.2, 0.25) is 0 Å². The topological polar surface area (TPSA) is 89.8 Å². The van der Waals surface area contributed by atoms with Gasteiger partial charge < -0.3 is 4.74 Å². The van der Waals surface area contributed by atoms with Crippen molar-refractivity contribution in [3.8, 4) is 0 Å². The smallest absolute Gasteiger partial charge is 0.341 e. The summed E-state index contributed by atoms with van der Waals surface area (Å²) in [6.45, 7) is 0.947. The van der Waals surface area contributed by atoms with Crippen molar-refractivity contribution in [3.63, 3.8) is 0 Å². The number of hydrogen-bond acceptors (Lipinski definition) is 6. The molecule has 0 aliphatic rings. The molecule has 1 rings (SSSR count). The molecule has 0 bridgehead atoms. The molecule has 0 unspecified atom stereocenters. The molecule has 0 N–H and O–H groups in total. The second kappa shape index (κ2) is 9.04. The van der Waals surface area contributed by atoms with Gasteiger partial charge in [-0.05, 0) is 6.08 Å². The Bertz CT molecular complexity index is 660. The molecule has 23 heavy (non-hydrogen) atoms. The van der Waals surface area contributed by atoms with Crippen LogP contribution in [0.1, 0.15) is 17.3 Å². The SMILES string of the molecule is CO[N+](=O)C(C)=CC=C(C=O)C(=O)OCC(=O)c1ccccc1. The molecule has 0 aliphatic heterocycles. The Hall–Kier alpha value is -3.09. The van der Waals surface area contributed by atoms with Gasteiger partial charge in [0.2, 0.25) is 0 Å². The number of carbonyl (C=O) groups excluding carboxylic acids is 3. The number of nitrogens with zero attached hydrogens (tertiary/aromatic N) is 1. The molecule has 0 amide bonds. The van der Waals surface area contributed by atoms with Crippen molar-refractivity contribution in [1.29, 1.82) is 0 Å². The Morgan fingerprint density at radius 1 is 1.17 bits per heavy atom. The molecule has 0 saturated heterocycles. The highest BCUT2D eigenvalue weighted by Crippen LogP contribution is 2.03. The molecule has 0 saturated carbocycles. The molecule has 0 aromatic heterocycles. The number of esters is 1. The number of hydrogen-bond donors (Lipinski definition) is 0. The number of benzene rings is 1. The van der Waals surface area contributed by atoms with E-state index in [9.17, 15) is 19.3 Å². The molecule has 0 spiro atoms. The van der Waals surface area contributed by atoms with Crippen LogP contribution in [0.5, 0.6) is 0 Å². The van der Waals surface area contributed by atoms with E-state index < -0.39 is 12.6 Å². The second-order valence-electron chi connectivity index (χ2n) is 4.35. The summed E-state index contributed by atoms with van der Waals surface area (Å²) in [5.74, 6) is -1.34. The molecular formula is C16H16NO6+. The van der Waals surface area contributed by atoms with Gasteiger partial charge in [0, 0.05) is 18.6 Å². The van der Waals surface area contributed by atoms with Gasteiger partial charge in [-0.3, -0.25) is 9.59 Å². The van der Waals surface area contributed by atoms with Crippen molar-refractivity contribution in [3.05, 3.63) is 64.2 Å². The lowest BCUT2D eigenvalue weighted by atomic mass is 10.1. The van der Waals surface area contributed by atoms with Crippen LogP contribution < -0.4 is 0 Å². The summed E-state index contributed by atoms with van der Waals surface area (Å²) in [4.78, 5) is 50.1. The lowest BCUT2D eigenvalue weighted by molar-refractivity contribution is -0.761. The molecule has 7 nitrogen and oxygen atoms in total. The summed E-state index contributed by atoms with van der Waals surface area (Å²) in [6.07, 6.45) is 2.61. The molecule has 0 fully saturated rings. The Kier molecular flexibility index (Phi) is 7.06. The Morgan fingerprint density at radius 2 is 1.83 bits per heavy atom. The average Bonchev–Trinajstić information content (AvgIpc) is 2.59. The van der Waals surface area contributed by atoms with Crippen LogP contribution >= 0.6 is 0 Å². The van der Waals surface area contributed by atoms with E-state index in [1.165, 1.54) is 20.1 Å². The van der Waals surface area contributed by atoms with E-state index in [0.717, 1.165) is 6.08 Å². The van der Waals surface area contributed by atoms with Gasteiger partial charge in [-0.25, -0.2) is 9.63 Å². The first-order valence-electron chi connectivity index (χ1n) is 6.60. The fourth-order valence-electron chi connectivity index (χ4n) is 1.49. The molecule has 0 radical (unpaired) electrons. The first kappa shape index (κ1) is 18.0. The lowest BCUT2D eigenvalue weighted by Gasteiger charge is -2.03. The monoisotopic (exact) mass is 318 g/mol. The zero-order valence-electron chi connectivity index (χ0n) is 12.7. The van der Waals surface area contributed by atoms with Gasteiger partial charge in [-0.1, -0.05) is 30.3 Å². The van der Waals surface area contributed by atoms with Crippen molar-refractivity contribution in [1.82, 2.24) is 0 Å². The van der Waals surface area contributed by atoms with Crippen molar-refractivity contribution < 1.29 is 28.9 Å². The van der Waals surface area contributed by atoms with Gasteiger partial charge in [0.15, 0.2) is 25.8 Å². The van der Waals surface area contributed by atoms with Gasteiger partial charge in [0.1, 0.15) is 0 Å². The van der Waals surface area contributed by atoms with E-state index in [4.69, 9.17) is 4.74 Å². The second-order valence-corrected chi connectivity index (χ2v) is 4.35. The highest BCUT2D eigenvalue weighted by Gasteiger charge is 2.15. The van der Waals surface area contributed by atoms with Crippen molar-refractivity contribution in [2.75, 3.05) is 13.7 Å². The predicted octanol–water partition coefficient (Wildman–Crippen LogP) is 1.78. The maximum Gasteiger partial charge on any atom is 0.341 e. The summed E-state index contributed by atoms with van der Waals surface area (Å²) in [7, 11) is 1.18. The van der Waals surface area contributed by atoms with Crippen LogP contribution in [0.3, 0.4) is 0 Å². The standard InChI is InChI=1S/C16H16NO6/c1-12(17(21)22-2)8-9-14(10-18)16(20)23-11-15(19)13-6-4-3-5-7-13/h3-10H,11H2,1-2H3/q+1. The predicted molar refractivity (Wildman–Crippen MR) is 80.3 cm³/mol. The Labute approximate surface area is 132 Å². The highest BCUT2D eigenvalue weighted by atomic mass is 16.8. The number of Topliss-reactive ketones (excluding diaryl/α,β-unsaturated/α-hetero) is 1. The summed E-state index contributed by atoms with van der Waals surface area (Å²) >= 11 is 0. The molecule has 1 aromatic carbocycles. The maximum atomic E-state index is 11.8. The van der Waals surface area contributed by atoms with Crippen molar-refractivity contribution >= 4 is 18.0 Å². The van der Waals surface area contributed by atoms with Crippen LogP contribution in [0.4, 0.5) is 0 Å². The van der Waals surface area contributed by atoms with Crippen LogP contribution in [-0.2, 0) is 19.2 Å². The van der Waals surface area contributed by atoms with Gasteiger partial charge in [-0.15, -0.1) is 0 Å². The van der Waals surface area contributed by atoms with Crippen molar-refractivity contribution in [2.24, 2.45) is 0 Å². The van der Waals surface area contributed by atoms with Crippen LogP contribution in [0, 0.1) is 4.91 Å². The number of rotatable bonds is 8. The molecule has 0 heterocycles. The minimum atomic E-state index is -0.955. The summed E-state index contributed by atoms with van der Waals surface area (Å²) < 4.78 is 4.79. The van der Waals surface area contributed by atoms with E-state index >= 15 is 0 Å². The average molecular weight is 318 g/mol. The third kappa shape index (κ3) is 5.66. The number of aldehydes is 1. The van der Waals surface area contributed by atoms with E-state index in [-0.39, 0.29) is 28.3 Å². The van der Waals surface area contributed by atoms with Gasteiger partial charge in [0.25, 0.3) is 10.6 Å². The first-order valence-corrected chi connectivity index (χ1v) is 6.60. The summed E-state index contributed by atoms with van der Waals surface area (Å²) in [6, 6.07) is 8.30. The maximum absolute atomic E-state index is 11.8. The van der Waals surface area contributed by atoms with Gasteiger partial charge in [-0.2, -0.15) is 0 Å². The Morgan fingerprint density at radius 3 is 2.39 bits per heavy atom. The summed E-state index contributed by atoms with van der Waals surface area (Å²) in [5.41, 5.74) is 0.199. The molecular weight excluding hydrogens is 302 g/mol. The van der Waals surface area contributed by atoms with Crippen LogP contribution in [0.15, 0.2) is 53.8 Å². The largest absolute Gasteiger partial charge is 0.454 e. The number of ketones is 1. The zero-order chi connectivity index (χ0) is 17.2. The fraction of sp³-hybridized carbons (Fsp3) is 0.188. The number of carbonyl (C=O) groups is 3. The third-order valence-electron chi connectivity index (χ3n) is 2.75. The first-order chi connectivity index (χ1) is 11.0. The fourth-order valence-corrected chi connectivity index (χ4v) is 1.49. The quantitative estimate of drug-likeness (QED) is 0.106. The van der Waals surface area contributed by atoms with Crippen LogP contribution in [-0.4, -0.2) is 36.7 Å². The molecule has 0 atom stereocenters. The minimum absolute atomic E-state index is 0.125. The number of allylic oxidation sites excluding steroid dienone is 3. The van der Waals surface area contributed by atoms with E-state index in [1.54, 1.807) is 30.3 Å². The normalized spacial score (nSPS) is 11.6. The van der Waals surface area contributed by atoms with Gasteiger partial charge in [0.05, 0.1) is 10.5 Å². The van der Waals surface area contributed by atoms with E-state index in [2.05, 4.69) is 4.84 Å². The molecule has 0 aliphatic carbocycles. The van der Waals surface area contributed by atoms with E-state index in [0.29, 0.717) is 5.56 Å². The third-order valence-corrected chi connectivity index (χ3v) is 2.75. The summed E-state index contributed by atoms with van der Waals surface area (Å²) in [5, 5.41) is 0. The minimum Gasteiger partial charge on any atom is -0.454 e. The van der Waals surface area contributed by atoms with Gasteiger partial charge >= 0.3 is 5.97 Å². The molecule has 120 valence electrons. The highest BCUT2D eigenvalue weighted by molar-refractivity contribution is 6.09. The zero-order valence-corrected chi connectivity index (χ0v) is 12.7. The molecule has 1 aromatic rings.